The molecule has 1 aromatic rings. The normalized spacial score (nSPS) is 26.1. The molecule has 2 saturated carbocycles. The topological polar surface area (TPSA) is 118 Å². The molecule has 2 aliphatic rings. The number of Topliss-reactive ketones (excluding diaryl/α,β-unsaturated/α-hetero) is 1. The van der Waals surface area contributed by atoms with Crippen molar-refractivity contribution in [2.75, 3.05) is 0 Å². The summed E-state index contributed by atoms with van der Waals surface area (Å²) < 4.78 is 0. The van der Waals surface area contributed by atoms with E-state index in [4.69, 9.17) is 5.73 Å². The van der Waals surface area contributed by atoms with E-state index in [1.165, 1.54) is 6.92 Å². The molecule has 4 N–H and O–H groups in total. The Balaban J connectivity index is 1.66. The number of amides is 3. The van der Waals surface area contributed by atoms with E-state index >= 15 is 0 Å². The molecule has 2 aliphatic carbocycles. The Bertz CT molecular complexity index is 841. The monoisotopic (exact) mass is 455 g/mol. The number of carbonyl (C=O) groups is 4. The third-order valence-corrected chi connectivity index (χ3v) is 7.12. The lowest BCUT2D eigenvalue weighted by Crippen LogP contribution is -2.54. The van der Waals surface area contributed by atoms with Crippen LogP contribution in [0.15, 0.2) is 30.3 Å². The highest BCUT2D eigenvalue weighted by Gasteiger charge is 2.37. The van der Waals surface area contributed by atoms with E-state index in [9.17, 15) is 19.2 Å². The Morgan fingerprint density at radius 1 is 0.879 bits per heavy atom. The summed E-state index contributed by atoms with van der Waals surface area (Å²) in [7, 11) is 0. The number of rotatable bonds is 9. The summed E-state index contributed by atoms with van der Waals surface area (Å²) in [5.74, 6) is -1.80. The largest absolute Gasteiger partial charge is 0.369 e. The van der Waals surface area contributed by atoms with Gasteiger partial charge in [-0.25, -0.2) is 0 Å². The van der Waals surface area contributed by atoms with Crippen molar-refractivity contribution in [3.05, 3.63) is 35.9 Å². The van der Waals surface area contributed by atoms with Gasteiger partial charge < -0.3 is 21.2 Å². The number of hydrogen-bond acceptors (Lipinski definition) is 4. The van der Waals surface area contributed by atoms with E-state index < -0.39 is 5.92 Å². The Morgan fingerprint density at radius 2 is 1.45 bits per heavy atom. The average Bonchev–Trinajstić information content (AvgIpc) is 2.79. The lowest BCUT2D eigenvalue weighted by molar-refractivity contribution is -0.132. The van der Waals surface area contributed by atoms with E-state index in [0.29, 0.717) is 19.3 Å². The van der Waals surface area contributed by atoms with Crippen molar-refractivity contribution in [2.24, 2.45) is 23.5 Å². The summed E-state index contributed by atoms with van der Waals surface area (Å²) in [6.07, 6.45) is 7.32. The van der Waals surface area contributed by atoms with Gasteiger partial charge in [0.15, 0.2) is 0 Å². The van der Waals surface area contributed by atoms with Crippen molar-refractivity contribution in [3.63, 3.8) is 0 Å². The molecule has 33 heavy (non-hydrogen) atoms. The number of carbonyl (C=O) groups excluding carboxylic acids is 4. The number of hydrogen-bond donors (Lipinski definition) is 3. The van der Waals surface area contributed by atoms with Crippen molar-refractivity contribution >= 4 is 23.5 Å². The Kier molecular flexibility index (Phi) is 9.03. The first kappa shape index (κ1) is 24.9. The summed E-state index contributed by atoms with van der Waals surface area (Å²) >= 11 is 0. The summed E-state index contributed by atoms with van der Waals surface area (Å²) in [6, 6.07) is 9.17. The van der Waals surface area contributed by atoms with Gasteiger partial charge in [0.05, 0.1) is 11.8 Å². The van der Waals surface area contributed by atoms with Crippen LogP contribution in [-0.2, 0) is 25.6 Å². The van der Waals surface area contributed by atoms with Crippen LogP contribution in [-0.4, -0.2) is 35.6 Å². The van der Waals surface area contributed by atoms with Gasteiger partial charge in [0, 0.05) is 24.4 Å². The van der Waals surface area contributed by atoms with Crippen molar-refractivity contribution in [3.8, 4) is 0 Å². The Labute approximate surface area is 196 Å². The Morgan fingerprint density at radius 3 is 2.06 bits per heavy atom. The third kappa shape index (κ3) is 7.14. The van der Waals surface area contributed by atoms with Crippen LogP contribution >= 0.6 is 0 Å². The fourth-order valence-corrected chi connectivity index (χ4v) is 5.36. The van der Waals surface area contributed by atoms with Gasteiger partial charge in [-0.05, 0) is 44.6 Å². The molecule has 0 bridgehead atoms. The minimum absolute atomic E-state index is 0.0289. The van der Waals surface area contributed by atoms with Crippen molar-refractivity contribution in [1.29, 1.82) is 0 Å². The van der Waals surface area contributed by atoms with Crippen LogP contribution in [0.25, 0.3) is 0 Å². The van der Waals surface area contributed by atoms with Gasteiger partial charge >= 0.3 is 0 Å². The minimum Gasteiger partial charge on any atom is -0.369 e. The van der Waals surface area contributed by atoms with E-state index in [2.05, 4.69) is 10.6 Å². The molecule has 1 aromatic carbocycles. The zero-order valence-corrected chi connectivity index (χ0v) is 19.6. The first-order valence-corrected chi connectivity index (χ1v) is 12.3. The molecular weight excluding hydrogens is 418 g/mol. The van der Waals surface area contributed by atoms with Gasteiger partial charge in [-0.2, -0.15) is 0 Å². The Hall–Kier alpha value is -2.70. The lowest BCUT2D eigenvalue weighted by Gasteiger charge is -2.35. The first-order chi connectivity index (χ1) is 15.8. The molecule has 3 amide bonds. The highest BCUT2D eigenvalue weighted by Crippen LogP contribution is 2.28. The molecule has 0 spiro atoms. The van der Waals surface area contributed by atoms with Gasteiger partial charge in [0.2, 0.25) is 17.7 Å². The fraction of sp³-hybridized carbons (Fsp3) is 0.615. The maximum absolute atomic E-state index is 13.2. The van der Waals surface area contributed by atoms with Crippen LogP contribution in [0.4, 0.5) is 0 Å². The third-order valence-electron chi connectivity index (χ3n) is 7.12. The van der Waals surface area contributed by atoms with Crippen LogP contribution in [0.5, 0.6) is 0 Å². The molecule has 0 radical (unpaired) electrons. The zero-order chi connectivity index (χ0) is 23.8. The van der Waals surface area contributed by atoms with Crippen LogP contribution < -0.4 is 16.4 Å². The lowest BCUT2D eigenvalue weighted by atomic mass is 9.81. The quantitative estimate of drug-likeness (QED) is 0.530. The number of benzene rings is 1. The van der Waals surface area contributed by atoms with Gasteiger partial charge in [-0.3, -0.25) is 14.4 Å². The van der Waals surface area contributed by atoms with E-state index in [-0.39, 0.29) is 53.8 Å². The van der Waals surface area contributed by atoms with Crippen LogP contribution in [0.1, 0.15) is 70.3 Å². The number of primary amides is 1. The number of ketones is 1. The van der Waals surface area contributed by atoms with E-state index in [1.807, 2.05) is 30.3 Å². The smallest absolute Gasteiger partial charge is 0.225 e. The van der Waals surface area contributed by atoms with Crippen LogP contribution in [0.3, 0.4) is 0 Å². The molecular formula is C26H37N3O4. The molecule has 0 aliphatic heterocycles. The second-order valence-electron chi connectivity index (χ2n) is 9.71. The zero-order valence-electron chi connectivity index (χ0n) is 19.6. The average molecular weight is 456 g/mol. The highest BCUT2D eigenvalue weighted by molar-refractivity contribution is 5.87. The summed E-state index contributed by atoms with van der Waals surface area (Å²) in [6.45, 7) is 1.50. The first-order valence-electron chi connectivity index (χ1n) is 12.3. The molecule has 0 heterocycles. The predicted molar refractivity (Wildman–Crippen MR) is 126 cm³/mol. The molecule has 7 heteroatoms. The van der Waals surface area contributed by atoms with Gasteiger partial charge in [0.25, 0.3) is 0 Å². The second-order valence-corrected chi connectivity index (χ2v) is 9.71. The SMILES string of the molecule is CC(=O)C[C@@H](Cc1ccccc1)C(=O)NC1CCCCC1C(=O)NC1CCCCC1C(N)=O. The van der Waals surface area contributed by atoms with Gasteiger partial charge in [-0.1, -0.05) is 56.0 Å². The number of nitrogens with one attached hydrogen (secondary N) is 2. The van der Waals surface area contributed by atoms with Crippen LogP contribution in [0.2, 0.25) is 0 Å². The molecule has 3 rings (SSSR count). The maximum Gasteiger partial charge on any atom is 0.225 e. The molecule has 5 atom stereocenters. The summed E-state index contributed by atoms with van der Waals surface area (Å²) in [5.41, 5.74) is 6.57. The predicted octanol–water partition coefficient (Wildman–Crippen LogP) is 2.66. The standard InChI is InChI=1S/C26H37N3O4/c1-17(30)15-19(16-18-9-3-2-4-10-18)25(32)28-23-14-8-6-12-21(23)26(33)29-22-13-7-5-11-20(22)24(27)31/h2-4,9-10,19-23H,5-8,11-16H2,1H3,(H2,27,31)(H,28,32)(H,29,33)/t19-,20?,21?,22?,23?/m0/s1. The second kappa shape index (κ2) is 12.0. The van der Waals surface area contributed by atoms with Crippen molar-refractivity contribution in [1.82, 2.24) is 10.6 Å². The molecule has 180 valence electrons. The molecule has 0 saturated heterocycles. The molecule has 7 nitrogen and oxygen atoms in total. The molecule has 4 unspecified atom stereocenters. The van der Waals surface area contributed by atoms with E-state index in [0.717, 1.165) is 44.1 Å². The number of nitrogens with two attached hydrogens (primary N) is 1. The maximum atomic E-state index is 13.2. The van der Waals surface area contributed by atoms with E-state index in [1.54, 1.807) is 0 Å². The minimum atomic E-state index is -0.465. The molecule has 2 fully saturated rings. The van der Waals surface area contributed by atoms with Crippen molar-refractivity contribution in [2.45, 2.75) is 83.2 Å². The summed E-state index contributed by atoms with van der Waals surface area (Å²) in [4.78, 5) is 50.1. The highest BCUT2D eigenvalue weighted by atomic mass is 16.2. The van der Waals surface area contributed by atoms with Gasteiger partial charge in [0.1, 0.15) is 5.78 Å². The van der Waals surface area contributed by atoms with Crippen molar-refractivity contribution < 1.29 is 19.2 Å². The van der Waals surface area contributed by atoms with Gasteiger partial charge in [-0.15, -0.1) is 0 Å². The fourth-order valence-electron chi connectivity index (χ4n) is 5.36. The summed E-state index contributed by atoms with van der Waals surface area (Å²) in [5, 5.41) is 6.18. The van der Waals surface area contributed by atoms with Crippen LogP contribution in [0, 0.1) is 17.8 Å². The molecule has 0 aromatic heterocycles.